The molecule has 0 unspecified atom stereocenters. The fourth-order valence-corrected chi connectivity index (χ4v) is 3.71. The molecule has 2 fully saturated rings. The van der Waals surface area contributed by atoms with Crippen molar-refractivity contribution in [1.29, 1.82) is 0 Å². The number of hydrogen-bond acceptors (Lipinski definition) is 5. The number of rotatable bonds is 1. The van der Waals surface area contributed by atoms with Crippen molar-refractivity contribution < 1.29 is 5.21 Å². The Balaban J connectivity index is 2.36. The van der Waals surface area contributed by atoms with Gasteiger partial charge < -0.3 is 5.21 Å². The van der Waals surface area contributed by atoms with Gasteiger partial charge in [0.1, 0.15) is 0 Å². The Hall–Kier alpha value is -0.780. The van der Waals surface area contributed by atoms with Gasteiger partial charge in [0.25, 0.3) is 0 Å². The zero-order valence-corrected chi connectivity index (χ0v) is 15.7. The largest absolute Gasteiger partial charge is 0.313 e. The van der Waals surface area contributed by atoms with Crippen molar-refractivity contribution in [2.75, 3.05) is 7.05 Å². The van der Waals surface area contributed by atoms with Crippen molar-refractivity contribution in [2.24, 2.45) is 10.2 Å². The normalized spacial score (nSPS) is 33.9. The maximum Gasteiger partial charge on any atom is 0.0809 e. The van der Waals surface area contributed by atoms with Gasteiger partial charge in [0.2, 0.25) is 0 Å². The molecular formula is C17H32N4O. The monoisotopic (exact) mass is 308 g/mol. The van der Waals surface area contributed by atoms with Crippen LogP contribution in [0.15, 0.2) is 10.2 Å². The zero-order valence-electron chi connectivity index (χ0n) is 15.7. The Bertz CT molecular complexity index is 481. The fraction of sp³-hybridized carbons (Fsp3) is 0.882. The Morgan fingerprint density at radius 2 is 1.18 bits per heavy atom. The van der Waals surface area contributed by atoms with Gasteiger partial charge in [-0.3, -0.25) is 4.90 Å². The molecule has 22 heavy (non-hydrogen) atoms. The lowest BCUT2D eigenvalue weighted by Crippen LogP contribution is -2.47. The fourth-order valence-electron chi connectivity index (χ4n) is 3.71. The molecule has 5 nitrogen and oxygen atoms in total. The summed E-state index contributed by atoms with van der Waals surface area (Å²) < 4.78 is 0. The molecule has 0 aliphatic carbocycles. The van der Waals surface area contributed by atoms with Crippen LogP contribution in [-0.4, -0.2) is 55.8 Å². The molecule has 0 amide bonds. The van der Waals surface area contributed by atoms with E-state index in [-0.39, 0.29) is 16.6 Å². The Morgan fingerprint density at radius 3 is 1.50 bits per heavy atom. The summed E-state index contributed by atoms with van der Waals surface area (Å²) in [7, 11) is 2.15. The average Bonchev–Trinajstić information content (AvgIpc) is 2.62. The molecule has 2 saturated heterocycles. The minimum atomic E-state index is -0.474. The number of nitrogens with zero attached hydrogens (tertiary/aromatic N) is 4. The molecule has 2 heterocycles. The molecule has 0 spiro atoms. The highest BCUT2D eigenvalue weighted by Crippen LogP contribution is 2.39. The first-order valence-corrected chi connectivity index (χ1v) is 8.10. The first-order chi connectivity index (χ1) is 9.73. The van der Waals surface area contributed by atoms with Crippen LogP contribution in [0.2, 0.25) is 0 Å². The van der Waals surface area contributed by atoms with Gasteiger partial charge in [0.15, 0.2) is 0 Å². The molecule has 5 heteroatoms. The molecule has 0 atom stereocenters. The minimum absolute atomic E-state index is 0.0925. The summed E-state index contributed by atoms with van der Waals surface area (Å²) in [6.07, 6.45) is 1.65. The van der Waals surface area contributed by atoms with Gasteiger partial charge >= 0.3 is 0 Å². The second-order valence-electron chi connectivity index (χ2n) is 9.06. The molecule has 0 saturated carbocycles. The van der Waals surface area contributed by atoms with E-state index in [1.54, 1.807) is 0 Å². The summed E-state index contributed by atoms with van der Waals surface area (Å²) in [6.45, 7) is 16.9. The lowest BCUT2D eigenvalue weighted by molar-refractivity contribution is -0.184. The van der Waals surface area contributed by atoms with Crippen LogP contribution in [0, 0.1) is 0 Å². The van der Waals surface area contributed by atoms with Crippen molar-refractivity contribution in [3.8, 4) is 0 Å². The third-order valence-corrected chi connectivity index (χ3v) is 5.75. The summed E-state index contributed by atoms with van der Waals surface area (Å²) in [4.78, 5) is 2.36. The van der Waals surface area contributed by atoms with Crippen LogP contribution in [0.3, 0.4) is 0 Å². The molecule has 0 aromatic heterocycles. The van der Waals surface area contributed by atoms with Gasteiger partial charge in [0, 0.05) is 23.9 Å². The molecule has 2 aliphatic heterocycles. The van der Waals surface area contributed by atoms with E-state index in [1.807, 2.05) is 27.7 Å². The van der Waals surface area contributed by atoms with Gasteiger partial charge in [-0.2, -0.15) is 15.3 Å². The van der Waals surface area contributed by atoms with Gasteiger partial charge in [-0.25, -0.2) is 0 Å². The summed E-state index contributed by atoms with van der Waals surface area (Å²) in [5.74, 6) is 0. The van der Waals surface area contributed by atoms with Gasteiger partial charge in [-0.15, -0.1) is 0 Å². The van der Waals surface area contributed by atoms with E-state index in [9.17, 15) is 5.21 Å². The third kappa shape index (κ3) is 2.53. The predicted octanol–water partition coefficient (Wildman–Crippen LogP) is 3.33. The number of likely N-dealkylation sites (tertiary alicyclic amines) is 1. The highest BCUT2D eigenvalue weighted by atomic mass is 16.5. The highest BCUT2D eigenvalue weighted by Gasteiger charge is 2.50. The quantitative estimate of drug-likeness (QED) is 0.756. The van der Waals surface area contributed by atoms with Crippen LogP contribution < -0.4 is 0 Å². The van der Waals surface area contributed by atoms with Crippen molar-refractivity contribution >= 4 is 11.4 Å². The van der Waals surface area contributed by atoms with Crippen LogP contribution in [0.4, 0.5) is 0 Å². The predicted molar refractivity (Wildman–Crippen MR) is 91.8 cm³/mol. The van der Waals surface area contributed by atoms with E-state index in [0.717, 1.165) is 24.3 Å². The van der Waals surface area contributed by atoms with E-state index >= 15 is 0 Å². The second-order valence-corrected chi connectivity index (χ2v) is 9.06. The first kappa shape index (κ1) is 17.6. The Morgan fingerprint density at radius 1 is 0.773 bits per heavy atom. The van der Waals surface area contributed by atoms with Gasteiger partial charge in [0.05, 0.1) is 22.5 Å². The Kier molecular flexibility index (Phi) is 3.88. The van der Waals surface area contributed by atoms with Gasteiger partial charge in [-0.1, -0.05) is 0 Å². The summed E-state index contributed by atoms with van der Waals surface area (Å²) in [5, 5.41) is 21.0. The topological polar surface area (TPSA) is 51.4 Å². The molecule has 0 bridgehead atoms. The van der Waals surface area contributed by atoms with E-state index < -0.39 is 5.54 Å². The summed E-state index contributed by atoms with van der Waals surface area (Å²) >= 11 is 0. The molecular weight excluding hydrogens is 276 g/mol. The van der Waals surface area contributed by atoms with E-state index in [0.29, 0.717) is 0 Å². The number of hydroxylamine groups is 2. The SMILES string of the molecule is CN1C(C)(C)C/C(=N\N=C2/CC(C)(C)N(O)C2(C)C)C1(C)C. The molecule has 126 valence electrons. The smallest absolute Gasteiger partial charge is 0.0809 e. The molecule has 0 aromatic carbocycles. The molecule has 2 rings (SSSR count). The third-order valence-electron chi connectivity index (χ3n) is 5.75. The van der Waals surface area contributed by atoms with Crippen molar-refractivity contribution in [1.82, 2.24) is 9.96 Å². The van der Waals surface area contributed by atoms with Crippen LogP contribution >= 0.6 is 0 Å². The standard InChI is InChI=1S/C17H32N4O/c1-14(2)10-12(16(5,6)20(14)9)18-19-13-11-15(3,4)21(22)17(13,7)8/h22H,10-11H2,1-9H3/b18-12+,19-13+. The lowest BCUT2D eigenvalue weighted by Gasteiger charge is -2.36. The van der Waals surface area contributed by atoms with E-state index in [2.05, 4.69) is 49.8 Å². The van der Waals surface area contributed by atoms with Gasteiger partial charge in [-0.05, 0) is 62.4 Å². The molecule has 2 aliphatic rings. The van der Waals surface area contributed by atoms with Crippen molar-refractivity contribution in [3.63, 3.8) is 0 Å². The molecule has 1 N–H and O–H groups in total. The first-order valence-electron chi connectivity index (χ1n) is 8.10. The maximum atomic E-state index is 10.4. The van der Waals surface area contributed by atoms with E-state index in [4.69, 9.17) is 0 Å². The zero-order chi connectivity index (χ0) is 17.1. The summed E-state index contributed by atoms with van der Waals surface area (Å²) in [5.41, 5.74) is 1.27. The Labute approximate surface area is 135 Å². The minimum Gasteiger partial charge on any atom is -0.313 e. The maximum absolute atomic E-state index is 10.4. The average molecular weight is 308 g/mol. The van der Waals surface area contributed by atoms with E-state index in [1.165, 1.54) is 5.06 Å². The second kappa shape index (κ2) is 4.86. The molecule has 0 radical (unpaired) electrons. The van der Waals surface area contributed by atoms with Crippen LogP contribution in [0.5, 0.6) is 0 Å². The van der Waals surface area contributed by atoms with Crippen molar-refractivity contribution in [2.45, 2.75) is 90.4 Å². The van der Waals surface area contributed by atoms with Crippen molar-refractivity contribution in [3.05, 3.63) is 0 Å². The molecule has 0 aromatic rings. The van der Waals surface area contributed by atoms with Crippen LogP contribution in [-0.2, 0) is 0 Å². The lowest BCUT2D eigenvalue weighted by atomic mass is 9.98. The van der Waals surface area contributed by atoms with Crippen LogP contribution in [0.25, 0.3) is 0 Å². The number of hydrogen-bond donors (Lipinski definition) is 1. The highest BCUT2D eigenvalue weighted by molar-refractivity contribution is 5.99. The van der Waals surface area contributed by atoms with Crippen LogP contribution in [0.1, 0.15) is 68.2 Å². The summed E-state index contributed by atoms with van der Waals surface area (Å²) in [6, 6.07) is 0.